The fourth-order valence-corrected chi connectivity index (χ4v) is 2.43. The van der Waals surface area contributed by atoms with Gasteiger partial charge in [0.2, 0.25) is 5.91 Å². The minimum absolute atomic E-state index is 0.435. The van der Waals surface area contributed by atoms with Gasteiger partial charge in [-0.05, 0) is 37.8 Å². The fourth-order valence-electron chi connectivity index (χ4n) is 2.43. The highest BCUT2D eigenvalue weighted by Gasteiger charge is 2.21. The van der Waals surface area contributed by atoms with Crippen LogP contribution in [0.4, 0.5) is 5.82 Å². The van der Waals surface area contributed by atoms with Crippen LogP contribution in [0.25, 0.3) is 0 Å². The standard InChI is InChI=1S/C13H19N3O/c1-9(10-4-2-3-5-10)16-12-7-6-11(8-15-12)13(14)17/h6-10H,2-5H2,1H3,(H2,14,17)(H,15,16). The summed E-state index contributed by atoms with van der Waals surface area (Å²) in [5, 5.41) is 3.39. The van der Waals surface area contributed by atoms with Crippen molar-refractivity contribution in [1.29, 1.82) is 0 Å². The summed E-state index contributed by atoms with van der Waals surface area (Å²) in [5.74, 6) is 1.12. The van der Waals surface area contributed by atoms with E-state index in [0.29, 0.717) is 11.6 Å². The summed E-state index contributed by atoms with van der Waals surface area (Å²) in [6.45, 7) is 2.19. The van der Waals surface area contributed by atoms with Gasteiger partial charge in [0.25, 0.3) is 0 Å². The summed E-state index contributed by atoms with van der Waals surface area (Å²) in [5.41, 5.74) is 5.61. The van der Waals surface area contributed by atoms with E-state index in [0.717, 1.165) is 11.7 Å². The van der Waals surface area contributed by atoms with Crippen LogP contribution in [-0.2, 0) is 0 Å². The predicted octanol–water partition coefficient (Wildman–Crippen LogP) is 2.17. The third-order valence-electron chi connectivity index (χ3n) is 3.53. The first-order valence-corrected chi connectivity index (χ1v) is 6.19. The van der Waals surface area contributed by atoms with Gasteiger partial charge in [0.1, 0.15) is 5.82 Å². The average Bonchev–Trinajstić information content (AvgIpc) is 2.83. The topological polar surface area (TPSA) is 68.0 Å². The zero-order valence-electron chi connectivity index (χ0n) is 10.1. The van der Waals surface area contributed by atoms with Crippen molar-refractivity contribution in [2.45, 2.75) is 38.6 Å². The van der Waals surface area contributed by atoms with Crippen LogP contribution in [0.3, 0.4) is 0 Å². The molecule has 0 aromatic carbocycles. The number of anilines is 1. The molecular weight excluding hydrogens is 214 g/mol. The molecule has 92 valence electrons. The third kappa shape index (κ3) is 2.96. The molecule has 0 bridgehead atoms. The molecule has 1 aromatic rings. The Hall–Kier alpha value is -1.58. The number of nitrogens with zero attached hydrogens (tertiary/aromatic N) is 1. The molecule has 1 unspecified atom stereocenters. The van der Waals surface area contributed by atoms with Gasteiger partial charge in [0, 0.05) is 12.2 Å². The number of amides is 1. The van der Waals surface area contributed by atoms with Gasteiger partial charge in [-0.1, -0.05) is 12.8 Å². The molecule has 4 heteroatoms. The number of hydrogen-bond donors (Lipinski definition) is 2. The molecule has 4 nitrogen and oxygen atoms in total. The van der Waals surface area contributed by atoms with E-state index in [1.54, 1.807) is 6.07 Å². The summed E-state index contributed by atoms with van der Waals surface area (Å²) in [6.07, 6.45) is 6.79. The van der Waals surface area contributed by atoms with Gasteiger partial charge < -0.3 is 11.1 Å². The first kappa shape index (κ1) is 11.9. The zero-order valence-corrected chi connectivity index (χ0v) is 10.1. The Morgan fingerprint density at radius 3 is 2.71 bits per heavy atom. The summed E-state index contributed by atoms with van der Waals surface area (Å²) in [4.78, 5) is 15.1. The first-order chi connectivity index (χ1) is 8.16. The van der Waals surface area contributed by atoms with Crippen LogP contribution in [-0.4, -0.2) is 16.9 Å². The first-order valence-electron chi connectivity index (χ1n) is 6.19. The van der Waals surface area contributed by atoms with Crippen molar-refractivity contribution < 1.29 is 4.79 Å². The lowest BCUT2D eigenvalue weighted by atomic mass is 10.00. The van der Waals surface area contributed by atoms with Crippen molar-refractivity contribution in [3.05, 3.63) is 23.9 Å². The van der Waals surface area contributed by atoms with Crippen LogP contribution in [0.5, 0.6) is 0 Å². The molecular formula is C13H19N3O. The molecule has 17 heavy (non-hydrogen) atoms. The Balaban J connectivity index is 1.96. The summed E-state index contributed by atoms with van der Waals surface area (Å²) < 4.78 is 0. The molecule has 0 radical (unpaired) electrons. The van der Waals surface area contributed by atoms with E-state index in [9.17, 15) is 4.79 Å². The van der Waals surface area contributed by atoms with E-state index in [1.807, 2.05) is 6.07 Å². The number of nitrogens with two attached hydrogens (primary N) is 1. The van der Waals surface area contributed by atoms with Crippen LogP contribution < -0.4 is 11.1 Å². The number of rotatable bonds is 4. The number of primary amides is 1. The fraction of sp³-hybridized carbons (Fsp3) is 0.538. The Morgan fingerprint density at radius 2 is 2.18 bits per heavy atom. The van der Waals surface area contributed by atoms with Crippen LogP contribution in [0.1, 0.15) is 43.0 Å². The largest absolute Gasteiger partial charge is 0.367 e. The number of pyridine rings is 1. The number of nitrogens with one attached hydrogen (secondary N) is 1. The summed E-state index contributed by atoms with van der Waals surface area (Å²) >= 11 is 0. The molecule has 1 aromatic heterocycles. The van der Waals surface area contributed by atoms with E-state index in [1.165, 1.54) is 31.9 Å². The van der Waals surface area contributed by atoms with E-state index < -0.39 is 5.91 Å². The minimum Gasteiger partial charge on any atom is -0.367 e. The predicted molar refractivity (Wildman–Crippen MR) is 67.8 cm³/mol. The Morgan fingerprint density at radius 1 is 1.47 bits per heavy atom. The number of carbonyl (C=O) groups is 1. The van der Waals surface area contributed by atoms with Crippen molar-refractivity contribution in [1.82, 2.24) is 4.98 Å². The second-order valence-corrected chi connectivity index (χ2v) is 4.77. The number of aromatic nitrogens is 1. The van der Waals surface area contributed by atoms with Gasteiger partial charge in [-0.15, -0.1) is 0 Å². The molecule has 2 rings (SSSR count). The molecule has 0 saturated heterocycles. The molecule has 1 atom stereocenters. The second-order valence-electron chi connectivity index (χ2n) is 4.77. The number of carbonyl (C=O) groups excluding carboxylic acids is 1. The molecule has 1 saturated carbocycles. The molecule has 0 spiro atoms. The smallest absolute Gasteiger partial charge is 0.250 e. The average molecular weight is 233 g/mol. The third-order valence-corrected chi connectivity index (χ3v) is 3.53. The second kappa shape index (κ2) is 5.17. The maximum atomic E-state index is 10.9. The summed E-state index contributed by atoms with van der Waals surface area (Å²) in [6, 6.07) is 3.95. The highest BCUT2D eigenvalue weighted by atomic mass is 16.1. The minimum atomic E-state index is -0.437. The molecule has 1 aliphatic carbocycles. The van der Waals surface area contributed by atoms with Crippen molar-refractivity contribution >= 4 is 11.7 Å². The van der Waals surface area contributed by atoms with Gasteiger partial charge in [0.15, 0.2) is 0 Å². The van der Waals surface area contributed by atoms with Crippen molar-refractivity contribution in [2.75, 3.05) is 5.32 Å². The zero-order chi connectivity index (χ0) is 12.3. The van der Waals surface area contributed by atoms with Gasteiger partial charge in [0.05, 0.1) is 5.56 Å². The van der Waals surface area contributed by atoms with Crippen molar-refractivity contribution in [3.63, 3.8) is 0 Å². The summed E-state index contributed by atoms with van der Waals surface area (Å²) in [7, 11) is 0. The molecule has 1 amide bonds. The van der Waals surface area contributed by atoms with E-state index >= 15 is 0 Å². The molecule has 3 N–H and O–H groups in total. The van der Waals surface area contributed by atoms with E-state index in [4.69, 9.17) is 5.73 Å². The van der Waals surface area contributed by atoms with Gasteiger partial charge in [-0.3, -0.25) is 4.79 Å². The number of hydrogen-bond acceptors (Lipinski definition) is 3. The van der Waals surface area contributed by atoms with Crippen molar-refractivity contribution in [3.8, 4) is 0 Å². The Labute approximate surface area is 102 Å². The lowest BCUT2D eigenvalue weighted by Gasteiger charge is -2.20. The monoisotopic (exact) mass is 233 g/mol. The molecule has 1 heterocycles. The molecule has 0 aliphatic heterocycles. The normalized spacial score (nSPS) is 17.9. The Bertz CT molecular complexity index is 382. The van der Waals surface area contributed by atoms with Crippen LogP contribution in [0, 0.1) is 5.92 Å². The van der Waals surface area contributed by atoms with E-state index in [-0.39, 0.29) is 0 Å². The lowest BCUT2D eigenvalue weighted by molar-refractivity contribution is 0.1000. The quantitative estimate of drug-likeness (QED) is 0.837. The molecule has 1 fully saturated rings. The Kier molecular flexibility index (Phi) is 3.61. The van der Waals surface area contributed by atoms with Gasteiger partial charge >= 0.3 is 0 Å². The van der Waals surface area contributed by atoms with Crippen LogP contribution in [0.15, 0.2) is 18.3 Å². The van der Waals surface area contributed by atoms with E-state index in [2.05, 4.69) is 17.2 Å². The SMILES string of the molecule is CC(Nc1ccc(C(N)=O)cn1)C1CCCC1. The van der Waals surface area contributed by atoms with Crippen molar-refractivity contribution in [2.24, 2.45) is 11.7 Å². The van der Waals surface area contributed by atoms with Crippen LogP contribution >= 0.6 is 0 Å². The highest BCUT2D eigenvalue weighted by Crippen LogP contribution is 2.28. The highest BCUT2D eigenvalue weighted by molar-refractivity contribution is 5.92. The maximum Gasteiger partial charge on any atom is 0.250 e. The van der Waals surface area contributed by atoms with Gasteiger partial charge in [-0.2, -0.15) is 0 Å². The van der Waals surface area contributed by atoms with Crippen LogP contribution in [0.2, 0.25) is 0 Å². The lowest BCUT2D eigenvalue weighted by Crippen LogP contribution is -2.24. The van der Waals surface area contributed by atoms with Gasteiger partial charge in [-0.25, -0.2) is 4.98 Å². The maximum absolute atomic E-state index is 10.9. The molecule has 1 aliphatic rings.